The van der Waals surface area contributed by atoms with Gasteiger partial charge in [-0.15, -0.1) is 0 Å². The van der Waals surface area contributed by atoms with Gasteiger partial charge >= 0.3 is 0 Å². The Morgan fingerprint density at radius 3 is 1.13 bits per heavy atom. The number of unbranched alkanes of at least 4 members (excludes halogenated alkanes) is 3. The quantitative estimate of drug-likeness (QED) is 0.171. The van der Waals surface area contributed by atoms with Gasteiger partial charge in [0.25, 0.3) is 0 Å². The minimum absolute atomic E-state index is 0.342. The van der Waals surface area contributed by atoms with Gasteiger partial charge in [0.15, 0.2) is 0 Å². The molecule has 0 aromatic heterocycles. The molecule has 47 heavy (non-hydrogen) atoms. The summed E-state index contributed by atoms with van der Waals surface area (Å²) in [6.07, 6.45) is 31.4. The van der Waals surface area contributed by atoms with Gasteiger partial charge in [0.1, 0.15) is 0 Å². The Morgan fingerprint density at radius 1 is 0.426 bits per heavy atom. The van der Waals surface area contributed by atoms with E-state index in [-0.39, 0.29) is 0 Å². The Kier molecular flexibility index (Phi) is 12.8. The molecule has 6 fully saturated rings. The summed E-state index contributed by atoms with van der Waals surface area (Å²) in [6, 6.07) is 17.9. The zero-order valence-corrected chi connectivity index (χ0v) is 30.9. The highest BCUT2D eigenvalue weighted by Gasteiger charge is 2.48. The largest absolute Gasteiger partial charge is 0.0911 e. The lowest BCUT2D eigenvalue weighted by Crippen LogP contribution is -2.40. The molecule has 4 bridgehead atoms. The first-order chi connectivity index (χ1) is 22.9. The van der Waals surface area contributed by atoms with E-state index in [2.05, 4.69) is 99.9 Å². The fraction of sp³-hybridized carbons (Fsp3) is 0.660. The monoisotopic (exact) mass is 631 g/mol. The third kappa shape index (κ3) is 9.59. The molecular formula is C47H66. The van der Waals surface area contributed by atoms with Gasteiger partial charge in [-0.3, -0.25) is 0 Å². The zero-order valence-electron chi connectivity index (χ0n) is 30.9. The lowest BCUT2D eigenvalue weighted by Gasteiger charge is -2.51. The molecule has 6 aliphatic carbocycles. The number of hydrogen-bond donors (Lipinski definition) is 0. The molecule has 0 spiro atoms. The number of fused-ring (bicyclic) bond motifs is 6. The second kappa shape index (κ2) is 16.8. The van der Waals surface area contributed by atoms with Gasteiger partial charge in [-0.25, -0.2) is 0 Å². The van der Waals surface area contributed by atoms with Crippen LogP contribution >= 0.6 is 0 Å². The minimum Gasteiger partial charge on any atom is -0.0911 e. The number of hydrogen-bond acceptors (Lipinski definition) is 0. The maximum Gasteiger partial charge on any atom is 0.0319 e. The molecule has 0 nitrogen and oxygen atoms in total. The van der Waals surface area contributed by atoms with E-state index >= 15 is 0 Å². The molecule has 6 saturated carbocycles. The summed E-state index contributed by atoms with van der Waals surface area (Å²) in [5.74, 6) is 14.5. The van der Waals surface area contributed by atoms with Crippen molar-refractivity contribution >= 4 is 0 Å². The summed E-state index contributed by atoms with van der Waals surface area (Å²) in [6.45, 7) is 9.11. The Bertz CT molecular complexity index is 1310. The fourth-order valence-electron chi connectivity index (χ4n) is 9.45. The third-order valence-corrected chi connectivity index (χ3v) is 13.1. The van der Waals surface area contributed by atoms with Gasteiger partial charge in [0, 0.05) is 22.0 Å². The van der Waals surface area contributed by atoms with E-state index in [0.717, 1.165) is 0 Å². The van der Waals surface area contributed by atoms with Gasteiger partial charge in [-0.2, -0.15) is 0 Å². The van der Waals surface area contributed by atoms with Crippen LogP contribution in [0.5, 0.6) is 0 Å². The summed E-state index contributed by atoms with van der Waals surface area (Å²) in [4.78, 5) is 0. The highest BCUT2D eigenvalue weighted by Crippen LogP contribution is 2.59. The van der Waals surface area contributed by atoms with Crippen LogP contribution < -0.4 is 0 Å². The highest BCUT2D eigenvalue weighted by atomic mass is 14.5. The lowest BCUT2D eigenvalue weighted by atomic mass is 9.53. The zero-order chi connectivity index (χ0) is 33.1. The lowest BCUT2D eigenvalue weighted by molar-refractivity contribution is 0.0186. The van der Waals surface area contributed by atoms with E-state index < -0.39 is 0 Å². The summed E-state index contributed by atoms with van der Waals surface area (Å²) in [5, 5.41) is 0. The third-order valence-electron chi connectivity index (χ3n) is 13.1. The standard InChI is InChI=1S/C24H34.C23H32/c1-3-5-6-13-23-15-18-24(19-16-23,20-17-23)14-12-22-10-8-21(7-4-2)9-11-22;1-3-5-12-22-14-17-23(18-15-22,19-16-22)13-11-21-9-7-20(6-4-2)8-10-21/h8-11H,3-7,13,15-20H2,1-2H3;7-10H,3-6,12,14-19H2,1-2H3. The Hall–Kier alpha value is -2.44. The Morgan fingerprint density at radius 2 is 0.787 bits per heavy atom. The molecule has 6 aliphatic rings. The number of rotatable bonds is 11. The molecule has 0 radical (unpaired) electrons. The van der Waals surface area contributed by atoms with Crippen molar-refractivity contribution in [2.24, 2.45) is 21.7 Å². The van der Waals surface area contributed by atoms with Crippen molar-refractivity contribution in [1.82, 2.24) is 0 Å². The van der Waals surface area contributed by atoms with Crippen LogP contribution in [0.4, 0.5) is 0 Å². The normalized spacial score (nSPS) is 28.8. The van der Waals surface area contributed by atoms with Crippen LogP contribution in [0.2, 0.25) is 0 Å². The highest BCUT2D eigenvalue weighted by molar-refractivity contribution is 5.39. The molecule has 0 amide bonds. The maximum atomic E-state index is 3.72. The van der Waals surface area contributed by atoms with Crippen molar-refractivity contribution in [2.45, 2.75) is 175 Å². The van der Waals surface area contributed by atoms with Crippen molar-refractivity contribution in [3.05, 3.63) is 70.8 Å². The van der Waals surface area contributed by atoms with Gasteiger partial charge in [0.2, 0.25) is 0 Å². The van der Waals surface area contributed by atoms with E-state index in [0.29, 0.717) is 21.7 Å². The average Bonchev–Trinajstić information content (AvgIpc) is 3.13. The van der Waals surface area contributed by atoms with Crippen LogP contribution in [0.25, 0.3) is 0 Å². The van der Waals surface area contributed by atoms with E-state index in [1.54, 1.807) is 0 Å². The van der Waals surface area contributed by atoms with E-state index in [1.807, 2.05) is 0 Å². The van der Waals surface area contributed by atoms with Crippen molar-refractivity contribution in [3.63, 3.8) is 0 Å². The van der Waals surface area contributed by atoms with Crippen molar-refractivity contribution in [2.75, 3.05) is 0 Å². The van der Waals surface area contributed by atoms with Gasteiger partial charge in [-0.1, -0.05) is 121 Å². The predicted octanol–water partition coefficient (Wildman–Crippen LogP) is 13.4. The summed E-state index contributed by atoms with van der Waals surface area (Å²) in [7, 11) is 0. The molecular weight excluding hydrogens is 565 g/mol. The van der Waals surface area contributed by atoms with Crippen molar-refractivity contribution in [3.8, 4) is 23.7 Å². The first-order valence-corrected chi connectivity index (χ1v) is 20.1. The second-order valence-electron chi connectivity index (χ2n) is 16.5. The van der Waals surface area contributed by atoms with Crippen LogP contribution in [0.15, 0.2) is 48.5 Å². The summed E-state index contributed by atoms with van der Waals surface area (Å²) < 4.78 is 0. The van der Waals surface area contributed by atoms with Crippen LogP contribution in [0.3, 0.4) is 0 Å². The summed E-state index contributed by atoms with van der Waals surface area (Å²) >= 11 is 0. The molecule has 254 valence electrons. The Balaban J connectivity index is 0.000000185. The van der Waals surface area contributed by atoms with Gasteiger partial charge in [-0.05, 0) is 149 Å². The fourth-order valence-corrected chi connectivity index (χ4v) is 9.45. The van der Waals surface area contributed by atoms with Crippen LogP contribution in [-0.4, -0.2) is 0 Å². The molecule has 0 atom stereocenters. The number of aryl methyl sites for hydroxylation is 2. The molecule has 8 rings (SSSR count). The molecule has 0 unspecified atom stereocenters. The minimum atomic E-state index is 0.342. The number of benzene rings is 2. The molecule has 2 aromatic carbocycles. The molecule has 2 aromatic rings. The second-order valence-corrected chi connectivity index (χ2v) is 16.5. The Labute approximate surface area is 290 Å². The molecule has 0 heterocycles. The maximum absolute atomic E-state index is 3.72. The first kappa shape index (κ1) is 35.9. The topological polar surface area (TPSA) is 0 Å². The van der Waals surface area contributed by atoms with E-state index in [4.69, 9.17) is 0 Å². The van der Waals surface area contributed by atoms with E-state index in [9.17, 15) is 0 Å². The van der Waals surface area contributed by atoms with Crippen molar-refractivity contribution in [1.29, 1.82) is 0 Å². The molecule has 0 aliphatic heterocycles. The summed E-state index contributed by atoms with van der Waals surface area (Å²) in [5.41, 5.74) is 7.36. The smallest absolute Gasteiger partial charge is 0.0319 e. The van der Waals surface area contributed by atoms with Crippen LogP contribution in [-0.2, 0) is 12.8 Å². The first-order valence-electron chi connectivity index (χ1n) is 20.1. The van der Waals surface area contributed by atoms with Crippen LogP contribution in [0, 0.1) is 45.3 Å². The van der Waals surface area contributed by atoms with E-state index in [1.165, 1.54) is 170 Å². The SMILES string of the molecule is CCCCC12CCC(C#Cc3ccc(CCC)cc3)(CC1)CC2.CCCCCC12CCC(C#Cc3ccc(CCC)cc3)(CC1)CC2. The van der Waals surface area contributed by atoms with Gasteiger partial charge in [0.05, 0.1) is 0 Å². The average molecular weight is 631 g/mol. The molecule has 0 saturated heterocycles. The van der Waals surface area contributed by atoms with Gasteiger partial charge < -0.3 is 0 Å². The predicted molar refractivity (Wildman–Crippen MR) is 203 cm³/mol. The molecule has 0 N–H and O–H groups in total. The van der Waals surface area contributed by atoms with Crippen LogP contribution in [0.1, 0.15) is 185 Å². The van der Waals surface area contributed by atoms with Crippen molar-refractivity contribution < 1.29 is 0 Å². The molecule has 0 heteroatoms.